The van der Waals surface area contributed by atoms with Crippen LogP contribution in [0.5, 0.6) is 0 Å². The van der Waals surface area contributed by atoms with Crippen molar-refractivity contribution in [1.29, 1.82) is 0 Å². The zero-order valence-electron chi connectivity index (χ0n) is 14.9. The number of para-hydroxylation sites is 1. The van der Waals surface area contributed by atoms with Gasteiger partial charge in [0.05, 0.1) is 16.3 Å². The predicted octanol–water partition coefficient (Wildman–Crippen LogP) is 4.65. The molecule has 3 aromatic rings. The van der Waals surface area contributed by atoms with Gasteiger partial charge >= 0.3 is 0 Å². The maximum absolute atomic E-state index is 12.1. The Morgan fingerprint density at radius 2 is 1.96 bits per heavy atom. The molecule has 0 aliphatic carbocycles. The van der Waals surface area contributed by atoms with Gasteiger partial charge in [-0.05, 0) is 37.7 Å². The minimum absolute atomic E-state index is 0.0215. The van der Waals surface area contributed by atoms with Gasteiger partial charge in [0.15, 0.2) is 0 Å². The van der Waals surface area contributed by atoms with Crippen LogP contribution in [0, 0.1) is 0 Å². The van der Waals surface area contributed by atoms with Crippen molar-refractivity contribution >= 4 is 39.1 Å². The van der Waals surface area contributed by atoms with Gasteiger partial charge in [-0.1, -0.05) is 41.9 Å². The molecule has 0 aliphatic heterocycles. The van der Waals surface area contributed by atoms with E-state index in [-0.39, 0.29) is 11.9 Å². The SMILES string of the molecule is CC(c1nc2ccccc2s1)N(C)CCC(=O)NCc1ccccc1Cl. The molecule has 3 rings (SSSR count). The summed E-state index contributed by atoms with van der Waals surface area (Å²) in [5.41, 5.74) is 1.96. The third kappa shape index (κ3) is 4.61. The van der Waals surface area contributed by atoms with Crippen LogP contribution in [0.2, 0.25) is 5.02 Å². The number of nitrogens with zero attached hydrogens (tertiary/aromatic N) is 2. The first kappa shape index (κ1) is 18.8. The van der Waals surface area contributed by atoms with Gasteiger partial charge in [-0.25, -0.2) is 4.98 Å². The zero-order chi connectivity index (χ0) is 18.5. The average molecular weight is 388 g/mol. The molecule has 0 radical (unpaired) electrons. The number of thiazole rings is 1. The Kier molecular flexibility index (Phi) is 6.25. The lowest BCUT2D eigenvalue weighted by Gasteiger charge is -2.22. The highest BCUT2D eigenvalue weighted by Crippen LogP contribution is 2.28. The molecule has 1 N–H and O–H groups in total. The van der Waals surface area contributed by atoms with Crippen molar-refractivity contribution in [3.8, 4) is 0 Å². The highest BCUT2D eigenvalue weighted by molar-refractivity contribution is 7.18. The normalized spacial score (nSPS) is 12.5. The first-order chi connectivity index (χ1) is 12.5. The standard InChI is InChI=1S/C20H22ClN3OS/c1-14(20-23-17-9-5-6-10-18(17)26-20)24(2)12-11-19(25)22-13-15-7-3-4-8-16(15)21/h3-10,14H,11-13H2,1-2H3,(H,22,25). The Bertz CT molecular complexity index is 862. The number of aromatic nitrogens is 1. The molecule has 1 atom stereocenters. The second-order valence-electron chi connectivity index (χ2n) is 6.29. The van der Waals surface area contributed by atoms with Crippen LogP contribution in [0.4, 0.5) is 0 Å². The number of carbonyl (C=O) groups is 1. The van der Waals surface area contributed by atoms with Crippen molar-refractivity contribution in [1.82, 2.24) is 15.2 Å². The number of hydrogen-bond donors (Lipinski definition) is 1. The maximum Gasteiger partial charge on any atom is 0.221 e. The highest BCUT2D eigenvalue weighted by atomic mass is 35.5. The van der Waals surface area contributed by atoms with Gasteiger partial charge in [0.25, 0.3) is 0 Å². The number of carbonyl (C=O) groups excluding carboxylic acids is 1. The molecule has 1 aromatic heterocycles. The van der Waals surface area contributed by atoms with Crippen LogP contribution in [-0.2, 0) is 11.3 Å². The molecule has 1 unspecified atom stereocenters. The van der Waals surface area contributed by atoms with E-state index in [1.165, 1.54) is 4.70 Å². The summed E-state index contributed by atoms with van der Waals surface area (Å²) in [5.74, 6) is 0.0215. The lowest BCUT2D eigenvalue weighted by atomic mass is 10.2. The van der Waals surface area contributed by atoms with E-state index in [1.807, 2.05) is 49.5 Å². The van der Waals surface area contributed by atoms with E-state index in [0.29, 0.717) is 24.5 Å². The average Bonchev–Trinajstić information content (AvgIpc) is 3.09. The summed E-state index contributed by atoms with van der Waals surface area (Å²) in [6.45, 7) is 3.25. The van der Waals surface area contributed by atoms with Gasteiger partial charge in [-0.2, -0.15) is 0 Å². The summed E-state index contributed by atoms with van der Waals surface area (Å²) in [6.07, 6.45) is 0.441. The second-order valence-corrected chi connectivity index (χ2v) is 7.76. The van der Waals surface area contributed by atoms with E-state index >= 15 is 0 Å². The summed E-state index contributed by atoms with van der Waals surface area (Å²) < 4.78 is 1.19. The molecule has 136 valence electrons. The van der Waals surface area contributed by atoms with Gasteiger partial charge in [-0.15, -0.1) is 11.3 Å². The molecule has 4 nitrogen and oxygen atoms in total. The fourth-order valence-corrected chi connectivity index (χ4v) is 3.94. The molecule has 26 heavy (non-hydrogen) atoms. The van der Waals surface area contributed by atoms with Crippen LogP contribution >= 0.6 is 22.9 Å². The van der Waals surface area contributed by atoms with Crippen LogP contribution in [0.3, 0.4) is 0 Å². The number of hydrogen-bond acceptors (Lipinski definition) is 4. The molecule has 0 aliphatic rings. The maximum atomic E-state index is 12.1. The summed E-state index contributed by atoms with van der Waals surface area (Å²) in [7, 11) is 2.03. The van der Waals surface area contributed by atoms with Crippen molar-refractivity contribution in [2.24, 2.45) is 0 Å². The predicted molar refractivity (Wildman–Crippen MR) is 109 cm³/mol. The van der Waals surface area contributed by atoms with E-state index < -0.39 is 0 Å². The summed E-state index contributed by atoms with van der Waals surface area (Å²) in [5, 5.41) is 4.68. The van der Waals surface area contributed by atoms with E-state index in [9.17, 15) is 4.79 Å². The first-order valence-corrected chi connectivity index (χ1v) is 9.80. The van der Waals surface area contributed by atoms with E-state index in [2.05, 4.69) is 23.2 Å². The second kappa shape index (κ2) is 8.62. The van der Waals surface area contributed by atoms with E-state index in [4.69, 9.17) is 16.6 Å². The summed E-state index contributed by atoms with van der Waals surface area (Å²) in [4.78, 5) is 19.0. The van der Waals surface area contributed by atoms with Crippen molar-refractivity contribution < 1.29 is 4.79 Å². The number of fused-ring (bicyclic) bond motifs is 1. The quantitative estimate of drug-likeness (QED) is 0.641. The smallest absolute Gasteiger partial charge is 0.221 e. The molecule has 1 amide bonds. The third-order valence-corrected chi connectivity index (χ3v) is 6.03. The Morgan fingerprint density at radius 1 is 1.23 bits per heavy atom. The zero-order valence-corrected chi connectivity index (χ0v) is 16.5. The van der Waals surface area contributed by atoms with Gasteiger partial charge in [0.2, 0.25) is 5.91 Å². The van der Waals surface area contributed by atoms with Gasteiger partial charge in [0, 0.05) is 24.5 Å². The number of halogens is 1. The lowest BCUT2D eigenvalue weighted by molar-refractivity contribution is -0.121. The Morgan fingerprint density at radius 3 is 2.73 bits per heavy atom. The molecule has 0 saturated carbocycles. The van der Waals surface area contributed by atoms with Crippen LogP contribution in [0.1, 0.15) is 30.0 Å². The molecular formula is C20H22ClN3OS. The molecule has 2 aromatic carbocycles. The number of benzene rings is 2. The monoisotopic (exact) mass is 387 g/mol. The molecule has 0 fully saturated rings. The fourth-order valence-electron chi connectivity index (χ4n) is 2.65. The van der Waals surface area contributed by atoms with Crippen LogP contribution in [-0.4, -0.2) is 29.4 Å². The van der Waals surface area contributed by atoms with Crippen molar-refractivity contribution in [3.05, 3.63) is 64.1 Å². The summed E-state index contributed by atoms with van der Waals surface area (Å²) in [6, 6.07) is 15.9. The van der Waals surface area contributed by atoms with Gasteiger partial charge in [-0.3, -0.25) is 9.69 Å². The largest absolute Gasteiger partial charge is 0.352 e. The minimum atomic E-state index is 0.0215. The number of nitrogens with one attached hydrogen (secondary N) is 1. The Hall–Kier alpha value is -1.95. The third-order valence-electron chi connectivity index (χ3n) is 4.45. The molecule has 0 bridgehead atoms. The molecule has 6 heteroatoms. The Balaban J connectivity index is 1.50. The molecular weight excluding hydrogens is 366 g/mol. The Labute approximate surface area is 162 Å². The van der Waals surface area contributed by atoms with Crippen LogP contribution in [0.15, 0.2) is 48.5 Å². The van der Waals surface area contributed by atoms with E-state index in [1.54, 1.807) is 11.3 Å². The molecule has 0 saturated heterocycles. The molecule has 1 heterocycles. The van der Waals surface area contributed by atoms with Crippen LogP contribution in [0.25, 0.3) is 10.2 Å². The van der Waals surface area contributed by atoms with Crippen LogP contribution < -0.4 is 5.32 Å². The highest BCUT2D eigenvalue weighted by Gasteiger charge is 2.17. The fraction of sp³-hybridized carbons (Fsp3) is 0.300. The number of amides is 1. The van der Waals surface area contributed by atoms with E-state index in [0.717, 1.165) is 16.1 Å². The van der Waals surface area contributed by atoms with Gasteiger partial charge < -0.3 is 5.32 Å². The van der Waals surface area contributed by atoms with Crippen molar-refractivity contribution in [2.75, 3.05) is 13.6 Å². The topological polar surface area (TPSA) is 45.2 Å². The molecule has 0 spiro atoms. The van der Waals surface area contributed by atoms with Gasteiger partial charge in [0.1, 0.15) is 5.01 Å². The lowest BCUT2D eigenvalue weighted by Crippen LogP contribution is -2.30. The van der Waals surface area contributed by atoms with Crippen molar-refractivity contribution in [2.45, 2.75) is 25.9 Å². The minimum Gasteiger partial charge on any atom is -0.352 e. The van der Waals surface area contributed by atoms with Crippen molar-refractivity contribution in [3.63, 3.8) is 0 Å². The first-order valence-electron chi connectivity index (χ1n) is 8.60. The number of rotatable bonds is 7. The summed E-state index contributed by atoms with van der Waals surface area (Å²) >= 11 is 7.82.